The first kappa shape index (κ1) is 27.9. The Balaban J connectivity index is 1.47. The van der Waals surface area contributed by atoms with Crippen LogP contribution in [0.4, 0.5) is 20.2 Å². The summed E-state index contributed by atoms with van der Waals surface area (Å²) in [6.45, 7) is 0.232. The zero-order chi connectivity index (χ0) is 30.2. The van der Waals surface area contributed by atoms with Gasteiger partial charge in [-0.2, -0.15) is 5.26 Å². The van der Waals surface area contributed by atoms with E-state index in [1.807, 2.05) is 28.6 Å². The van der Waals surface area contributed by atoms with Crippen LogP contribution in [0.15, 0.2) is 66.9 Å². The Labute approximate surface area is 245 Å². The average molecular weight is 581 g/mol. The number of aliphatic hydroxyl groups excluding tert-OH is 1. The standard InChI is InChI=1S/C31H26F2N8O2/c1-40-25-10-9-23(38-31(43)24-11-12-36-29(37-24)26-21(32)7-4-8-22(26)33)28(41-15-18(35)13-19(41)16-42)27(25)39-30(40)20-6-3-2-5-17(20)14-34/h2-12,18-19,42H,13,15-16,35H2,1H3,(H,38,43)/t18-,19+/m1/s1. The molecular formula is C31H26F2N8O2. The normalized spacial score (nSPS) is 16.4. The van der Waals surface area contributed by atoms with Gasteiger partial charge in [0.15, 0.2) is 5.82 Å². The number of aryl methyl sites for hydroxylation is 1. The number of aliphatic hydroxyl groups is 1. The smallest absolute Gasteiger partial charge is 0.274 e. The molecule has 2 aromatic heterocycles. The van der Waals surface area contributed by atoms with Gasteiger partial charge < -0.3 is 25.6 Å². The summed E-state index contributed by atoms with van der Waals surface area (Å²) in [5.74, 6) is -2.07. The van der Waals surface area contributed by atoms with Crippen molar-refractivity contribution in [1.82, 2.24) is 19.5 Å². The summed E-state index contributed by atoms with van der Waals surface area (Å²) in [5, 5.41) is 22.8. The van der Waals surface area contributed by atoms with Crippen molar-refractivity contribution in [3.8, 4) is 28.8 Å². The van der Waals surface area contributed by atoms with Crippen molar-refractivity contribution in [2.45, 2.75) is 18.5 Å². The molecule has 1 aliphatic heterocycles. The van der Waals surface area contributed by atoms with E-state index in [9.17, 15) is 23.9 Å². The minimum absolute atomic E-state index is 0.111. The molecule has 0 bridgehead atoms. The molecule has 3 aromatic carbocycles. The van der Waals surface area contributed by atoms with Gasteiger partial charge in [-0.3, -0.25) is 4.79 Å². The summed E-state index contributed by atoms with van der Waals surface area (Å²) < 4.78 is 30.7. The van der Waals surface area contributed by atoms with Crippen LogP contribution in [0.3, 0.4) is 0 Å². The fourth-order valence-electron chi connectivity index (χ4n) is 5.56. The lowest BCUT2D eigenvalue weighted by molar-refractivity contribution is 0.102. The molecular weight excluding hydrogens is 554 g/mol. The van der Waals surface area contributed by atoms with E-state index in [-0.39, 0.29) is 30.2 Å². The number of hydrogen-bond acceptors (Lipinski definition) is 8. The SMILES string of the molecule is Cn1c(-c2ccccc2C#N)nc2c(N3C[C@H](N)C[C@H]3CO)c(NC(=O)c3ccnc(-c4c(F)cccc4F)n3)ccc21. The Hall–Kier alpha value is -5.25. The molecule has 43 heavy (non-hydrogen) atoms. The van der Waals surface area contributed by atoms with Gasteiger partial charge in [-0.1, -0.05) is 18.2 Å². The highest BCUT2D eigenvalue weighted by Gasteiger charge is 2.34. The summed E-state index contributed by atoms with van der Waals surface area (Å²) >= 11 is 0. The summed E-state index contributed by atoms with van der Waals surface area (Å²) in [7, 11) is 1.84. The van der Waals surface area contributed by atoms with Gasteiger partial charge in [-0.05, 0) is 48.9 Å². The van der Waals surface area contributed by atoms with E-state index in [4.69, 9.17) is 10.7 Å². The maximum absolute atomic E-state index is 14.4. The summed E-state index contributed by atoms with van der Waals surface area (Å²) in [4.78, 5) is 28.5. The number of nitriles is 1. The fourth-order valence-corrected chi connectivity index (χ4v) is 5.56. The maximum atomic E-state index is 14.4. The van der Waals surface area contributed by atoms with Crippen LogP contribution in [0.5, 0.6) is 0 Å². The van der Waals surface area contributed by atoms with Gasteiger partial charge in [0.05, 0.1) is 46.7 Å². The number of nitrogens with one attached hydrogen (secondary N) is 1. The van der Waals surface area contributed by atoms with Crippen LogP contribution in [0, 0.1) is 23.0 Å². The Morgan fingerprint density at radius 2 is 1.88 bits per heavy atom. The van der Waals surface area contributed by atoms with E-state index < -0.39 is 23.1 Å². The van der Waals surface area contributed by atoms with E-state index in [2.05, 4.69) is 21.4 Å². The minimum Gasteiger partial charge on any atom is -0.394 e. The van der Waals surface area contributed by atoms with Gasteiger partial charge in [0.2, 0.25) is 0 Å². The van der Waals surface area contributed by atoms with Crippen LogP contribution in [0.1, 0.15) is 22.5 Å². The molecule has 1 amide bonds. The van der Waals surface area contributed by atoms with Crippen LogP contribution in [0.2, 0.25) is 0 Å². The number of imidazole rings is 1. The second kappa shape index (κ2) is 11.2. The zero-order valence-corrected chi connectivity index (χ0v) is 23.0. The van der Waals surface area contributed by atoms with Crippen LogP contribution in [-0.4, -0.2) is 55.8 Å². The van der Waals surface area contributed by atoms with Crippen LogP contribution in [0.25, 0.3) is 33.8 Å². The lowest BCUT2D eigenvalue weighted by Crippen LogP contribution is -2.34. The number of rotatable bonds is 6. The number of hydrogen-bond donors (Lipinski definition) is 3. The molecule has 0 aliphatic carbocycles. The van der Waals surface area contributed by atoms with Crippen molar-refractivity contribution >= 4 is 28.3 Å². The summed E-state index contributed by atoms with van der Waals surface area (Å²) in [6.07, 6.45) is 1.78. The van der Waals surface area contributed by atoms with Crippen molar-refractivity contribution in [1.29, 1.82) is 5.26 Å². The Morgan fingerprint density at radius 3 is 2.63 bits per heavy atom. The quantitative estimate of drug-likeness (QED) is 0.273. The topological polar surface area (TPSA) is 146 Å². The van der Waals surface area contributed by atoms with Crippen molar-refractivity contribution in [2.75, 3.05) is 23.4 Å². The average Bonchev–Trinajstić information content (AvgIpc) is 3.55. The molecule has 1 saturated heterocycles. The van der Waals surface area contributed by atoms with Gasteiger partial charge in [0.25, 0.3) is 5.91 Å². The number of anilines is 2. The van der Waals surface area contributed by atoms with E-state index in [0.29, 0.717) is 46.8 Å². The first-order valence-corrected chi connectivity index (χ1v) is 13.5. The molecule has 5 aromatic rings. The number of nitrogens with zero attached hydrogens (tertiary/aromatic N) is 6. The molecule has 10 nitrogen and oxygen atoms in total. The van der Waals surface area contributed by atoms with Gasteiger partial charge in [0.1, 0.15) is 28.7 Å². The molecule has 6 rings (SSSR count). The lowest BCUT2D eigenvalue weighted by atomic mass is 10.1. The third-order valence-electron chi connectivity index (χ3n) is 7.58. The number of aromatic nitrogens is 4. The monoisotopic (exact) mass is 580 g/mol. The van der Waals surface area contributed by atoms with E-state index in [1.165, 1.54) is 18.3 Å². The van der Waals surface area contributed by atoms with E-state index >= 15 is 0 Å². The van der Waals surface area contributed by atoms with Gasteiger partial charge in [-0.15, -0.1) is 0 Å². The fraction of sp³-hybridized carbons (Fsp3) is 0.194. The van der Waals surface area contributed by atoms with Gasteiger partial charge in [0, 0.05) is 31.4 Å². The molecule has 0 radical (unpaired) electrons. The second-order valence-corrected chi connectivity index (χ2v) is 10.3. The molecule has 0 saturated carbocycles. The largest absolute Gasteiger partial charge is 0.394 e. The number of amides is 1. The molecule has 1 aliphatic rings. The lowest BCUT2D eigenvalue weighted by Gasteiger charge is -2.28. The first-order chi connectivity index (χ1) is 20.8. The predicted molar refractivity (Wildman–Crippen MR) is 157 cm³/mol. The number of benzene rings is 3. The minimum atomic E-state index is -0.852. The van der Waals surface area contributed by atoms with Crippen LogP contribution >= 0.6 is 0 Å². The number of halogens is 2. The van der Waals surface area contributed by atoms with Crippen LogP contribution < -0.4 is 16.0 Å². The summed E-state index contributed by atoms with van der Waals surface area (Å²) in [6, 6.07) is 17.0. The predicted octanol–water partition coefficient (Wildman–Crippen LogP) is 4.00. The molecule has 4 N–H and O–H groups in total. The highest BCUT2D eigenvalue weighted by Crippen LogP contribution is 2.40. The Bertz CT molecular complexity index is 1900. The highest BCUT2D eigenvalue weighted by atomic mass is 19.1. The van der Waals surface area contributed by atoms with Crippen molar-refractivity contribution in [2.24, 2.45) is 12.8 Å². The number of carbonyl (C=O) groups excluding carboxylic acids is 1. The number of nitrogens with two attached hydrogens (primary N) is 1. The molecule has 2 atom stereocenters. The summed E-state index contributed by atoms with van der Waals surface area (Å²) in [5.41, 5.74) is 9.03. The van der Waals surface area contributed by atoms with Crippen LogP contribution in [-0.2, 0) is 7.05 Å². The molecule has 216 valence electrons. The highest BCUT2D eigenvalue weighted by molar-refractivity contribution is 6.09. The van der Waals surface area contributed by atoms with Crippen molar-refractivity contribution in [3.63, 3.8) is 0 Å². The number of carbonyl (C=O) groups is 1. The van der Waals surface area contributed by atoms with Gasteiger partial charge in [-0.25, -0.2) is 23.7 Å². The maximum Gasteiger partial charge on any atom is 0.274 e. The third-order valence-corrected chi connectivity index (χ3v) is 7.58. The molecule has 1 fully saturated rings. The molecule has 0 spiro atoms. The zero-order valence-electron chi connectivity index (χ0n) is 23.0. The Kier molecular flexibility index (Phi) is 7.27. The molecule has 3 heterocycles. The molecule has 12 heteroatoms. The van der Waals surface area contributed by atoms with Crippen molar-refractivity contribution in [3.05, 3.63) is 89.8 Å². The Morgan fingerprint density at radius 1 is 1.12 bits per heavy atom. The second-order valence-electron chi connectivity index (χ2n) is 10.3. The molecule has 0 unspecified atom stereocenters. The number of fused-ring (bicyclic) bond motifs is 1. The van der Waals surface area contributed by atoms with E-state index in [0.717, 1.165) is 17.6 Å². The third kappa shape index (κ3) is 4.94. The van der Waals surface area contributed by atoms with E-state index in [1.54, 1.807) is 24.3 Å². The van der Waals surface area contributed by atoms with Crippen molar-refractivity contribution < 1.29 is 18.7 Å². The van der Waals surface area contributed by atoms with Gasteiger partial charge >= 0.3 is 0 Å². The first-order valence-electron chi connectivity index (χ1n) is 13.5.